The van der Waals surface area contributed by atoms with E-state index in [0.717, 1.165) is 12.1 Å². The van der Waals surface area contributed by atoms with E-state index in [9.17, 15) is 0 Å². The van der Waals surface area contributed by atoms with Crippen LogP contribution in [-0.4, -0.2) is 22.1 Å². The van der Waals surface area contributed by atoms with Gasteiger partial charge in [-0.1, -0.05) is 48.0 Å². The maximum atomic E-state index is 5.75. The maximum Gasteiger partial charge on any atom is 0.247 e. The molecule has 0 atom stereocenters. The molecule has 0 fully saturated rings. The summed E-state index contributed by atoms with van der Waals surface area (Å²) in [7, 11) is 2.04. The van der Waals surface area contributed by atoms with Crippen molar-refractivity contribution < 1.29 is 4.42 Å². The molecule has 4 heteroatoms. The number of rotatable bonds is 5. The van der Waals surface area contributed by atoms with Crippen LogP contribution in [0.5, 0.6) is 0 Å². The van der Waals surface area contributed by atoms with Gasteiger partial charge >= 0.3 is 0 Å². The van der Waals surface area contributed by atoms with E-state index in [-0.39, 0.29) is 0 Å². The van der Waals surface area contributed by atoms with Crippen LogP contribution in [0.4, 0.5) is 0 Å². The highest BCUT2D eigenvalue weighted by atomic mass is 16.4. The summed E-state index contributed by atoms with van der Waals surface area (Å²) in [6.07, 6.45) is 0. The summed E-state index contributed by atoms with van der Waals surface area (Å²) < 4.78 is 5.75. The van der Waals surface area contributed by atoms with Gasteiger partial charge in [-0.3, -0.25) is 4.90 Å². The third-order valence-electron chi connectivity index (χ3n) is 3.47. The predicted octanol–water partition coefficient (Wildman–Crippen LogP) is 3.68. The summed E-state index contributed by atoms with van der Waals surface area (Å²) in [6.45, 7) is 3.54. The lowest BCUT2D eigenvalue weighted by Gasteiger charge is -2.13. The molecule has 0 saturated carbocycles. The van der Waals surface area contributed by atoms with Crippen LogP contribution in [0.3, 0.4) is 0 Å². The van der Waals surface area contributed by atoms with E-state index in [2.05, 4.69) is 34.2 Å². The zero-order valence-electron chi connectivity index (χ0n) is 12.9. The molecule has 1 heterocycles. The van der Waals surface area contributed by atoms with Crippen LogP contribution in [0.25, 0.3) is 11.5 Å². The van der Waals surface area contributed by atoms with Crippen molar-refractivity contribution in [3.63, 3.8) is 0 Å². The molecule has 0 radical (unpaired) electrons. The minimum absolute atomic E-state index is 0.572. The van der Waals surface area contributed by atoms with Gasteiger partial charge in [-0.25, -0.2) is 0 Å². The maximum absolute atomic E-state index is 5.75. The first-order valence-corrected chi connectivity index (χ1v) is 7.32. The Balaban J connectivity index is 1.65. The smallest absolute Gasteiger partial charge is 0.247 e. The van der Waals surface area contributed by atoms with Gasteiger partial charge in [0, 0.05) is 12.1 Å². The molecule has 3 aromatic rings. The van der Waals surface area contributed by atoms with E-state index < -0.39 is 0 Å². The predicted molar refractivity (Wildman–Crippen MR) is 86.1 cm³/mol. The molecule has 0 N–H and O–H groups in total. The van der Waals surface area contributed by atoms with Crippen molar-refractivity contribution in [2.24, 2.45) is 0 Å². The fourth-order valence-corrected chi connectivity index (χ4v) is 2.31. The van der Waals surface area contributed by atoms with Gasteiger partial charge in [0.25, 0.3) is 0 Å². The zero-order chi connectivity index (χ0) is 15.4. The van der Waals surface area contributed by atoms with Gasteiger partial charge in [0.15, 0.2) is 0 Å². The Hall–Kier alpha value is -2.46. The van der Waals surface area contributed by atoms with Crippen molar-refractivity contribution in [2.75, 3.05) is 7.05 Å². The van der Waals surface area contributed by atoms with Crippen molar-refractivity contribution in [2.45, 2.75) is 20.0 Å². The lowest BCUT2D eigenvalue weighted by molar-refractivity contribution is 0.283. The summed E-state index contributed by atoms with van der Waals surface area (Å²) in [5, 5.41) is 8.27. The van der Waals surface area contributed by atoms with Crippen LogP contribution in [0.1, 0.15) is 17.0 Å². The molecule has 0 bridgehead atoms. The summed E-state index contributed by atoms with van der Waals surface area (Å²) in [6, 6.07) is 18.4. The summed E-state index contributed by atoms with van der Waals surface area (Å²) in [5.41, 5.74) is 3.43. The number of nitrogens with zero attached hydrogens (tertiary/aromatic N) is 3. The molecule has 0 unspecified atom stereocenters. The van der Waals surface area contributed by atoms with Crippen molar-refractivity contribution in [3.8, 4) is 11.5 Å². The van der Waals surface area contributed by atoms with Gasteiger partial charge < -0.3 is 4.42 Å². The van der Waals surface area contributed by atoms with Crippen molar-refractivity contribution >= 4 is 0 Å². The molecule has 0 aliphatic heterocycles. The monoisotopic (exact) mass is 293 g/mol. The van der Waals surface area contributed by atoms with E-state index >= 15 is 0 Å². The van der Waals surface area contributed by atoms with Crippen molar-refractivity contribution in [1.82, 2.24) is 15.1 Å². The van der Waals surface area contributed by atoms with Crippen LogP contribution in [0.2, 0.25) is 0 Å². The first-order valence-electron chi connectivity index (χ1n) is 7.32. The molecule has 1 aromatic heterocycles. The highest BCUT2D eigenvalue weighted by Gasteiger charge is 2.10. The minimum atomic E-state index is 0.572. The molecule has 2 aromatic carbocycles. The second-order valence-electron chi connectivity index (χ2n) is 5.52. The fourth-order valence-electron chi connectivity index (χ4n) is 2.31. The molecule has 0 aliphatic rings. The first-order chi connectivity index (χ1) is 10.7. The Morgan fingerprint density at radius 1 is 0.909 bits per heavy atom. The Labute approximate surface area is 130 Å². The SMILES string of the molecule is Cc1ccc(-c2nnc(CN(C)Cc3ccccc3)o2)cc1. The van der Waals surface area contributed by atoms with Crippen LogP contribution in [0, 0.1) is 6.92 Å². The van der Waals surface area contributed by atoms with E-state index in [1.54, 1.807) is 0 Å². The first kappa shape index (κ1) is 14.5. The molecule has 0 saturated heterocycles. The third-order valence-corrected chi connectivity index (χ3v) is 3.47. The van der Waals surface area contributed by atoms with Gasteiger partial charge in [-0.2, -0.15) is 0 Å². The third kappa shape index (κ3) is 3.59. The summed E-state index contributed by atoms with van der Waals surface area (Å²) in [4.78, 5) is 2.15. The van der Waals surface area contributed by atoms with Crippen LogP contribution in [-0.2, 0) is 13.1 Å². The average Bonchev–Trinajstić information content (AvgIpc) is 2.97. The molecule has 0 spiro atoms. The molecule has 3 rings (SSSR count). The number of benzene rings is 2. The number of aryl methyl sites for hydroxylation is 1. The molecule has 0 amide bonds. The molecule has 22 heavy (non-hydrogen) atoms. The highest BCUT2D eigenvalue weighted by molar-refractivity contribution is 5.52. The normalized spacial score (nSPS) is 11.0. The molecular weight excluding hydrogens is 274 g/mol. The van der Waals surface area contributed by atoms with Gasteiger partial charge in [0.05, 0.1) is 6.54 Å². The molecular formula is C18H19N3O. The largest absolute Gasteiger partial charge is 0.419 e. The van der Waals surface area contributed by atoms with Gasteiger partial charge in [-0.05, 0) is 31.7 Å². The van der Waals surface area contributed by atoms with E-state index in [0.29, 0.717) is 18.3 Å². The van der Waals surface area contributed by atoms with Crippen LogP contribution < -0.4 is 0 Å². The van der Waals surface area contributed by atoms with Crippen molar-refractivity contribution in [3.05, 3.63) is 71.6 Å². The summed E-state index contributed by atoms with van der Waals surface area (Å²) >= 11 is 0. The number of hydrogen-bond acceptors (Lipinski definition) is 4. The van der Waals surface area contributed by atoms with Gasteiger partial charge in [0.1, 0.15) is 0 Å². The lowest BCUT2D eigenvalue weighted by Crippen LogP contribution is -2.17. The quantitative estimate of drug-likeness (QED) is 0.719. The van der Waals surface area contributed by atoms with Gasteiger partial charge in [-0.15, -0.1) is 10.2 Å². The number of hydrogen-bond donors (Lipinski definition) is 0. The highest BCUT2D eigenvalue weighted by Crippen LogP contribution is 2.19. The molecule has 4 nitrogen and oxygen atoms in total. The fraction of sp³-hybridized carbons (Fsp3) is 0.222. The van der Waals surface area contributed by atoms with E-state index in [1.165, 1.54) is 11.1 Å². The van der Waals surface area contributed by atoms with E-state index in [1.807, 2.05) is 49.5 Å². The Morgan fingerprint density at radius 2 is 1.64 bits per heavy atom. The minimum Gasteiger partial charge on any atom is -0.419 e. The lowest BCUT2D eigenvalue weighted by atomic mass is 10.1. The Kier molecular flexibility index (Phi) is 4.30. The van der Waals surface area contributed by atoms with Crippen LogP contribution in [0.15, 0.2) is 59.0 Å². The molecule has 112 valence electrons. The van der Waals surface area contributed by atoms with Crippen molar-refractivity contribution in [1.29, 1.82) is 0 Å². The topological polar surface area (TPSA) is 42.2 Å². The van der Waals surface area contributed by atoms with E-state index in [4.69, 9.17) is 4.42 Å². The standard InChI is InChI=1S/C18H19N3O/c1-14-8-10-16(11-9-14)18-20-19-17(22-18)13-21(2)12-15-6-4-3-5-7-15/h3-11H,12-13H2,1-2H3. The zero-order valence-corrected chi connectivity index (χ0v) is 12.9. The second-order valence-corrected chi connectivity index (χ2v) is 5.52. The molecule has 0 aliphatic carbocycles. The Bertz CT molecular complexity index is 720. The average molecular weight is 293 g/mol. The Morgan fingerprint density at radius 3 is 2.36 bits per heavy atom. The number of aromatic nitrogens is 2. The second kappa shape index (κ2) is 6.54. The summed E-state index contributed by atoms with van der Waals surface area (Å²) in [5.74, 6) is 1.21. The van der Waals surface area contributed by atoms with Crippen LogP contribution >= 0.6 is 0 Å². The van der Waals surface area contributed by atoms with Gasteiger partial charge in [0.2, 0.25) is 11.8 Å².